The Hall–Kier alpha value is -0.520. The average Bonchev–Trinajstić information content (AvgIpc) is 2.92. The van der Waals surface area contributed by atoms with Crippen molar-refractivity contribution in [3.05, 3.63) is 22.4 Å². The summed E-state index contributed by atoms with van der Waals surface area (Å²) in [5.74, 6) is 1.62. The molecular weight excluding hydrogens is 290 g/mol. The molecule has 2 aliphatic heterocycles. The molecule has 5 heteroatoms. The zero-order chi connectivity index (χ0) is 13.8. The van der Waals surface area contributed by atoms with Crippen LogP contribution in [0, 0.1) is 5.92 Å². The molecule has 2 fully saturated rings. The van der Waals surface area contributed by atoms with Gasteiger partial charge in [0.25, 0.3) is 0 Å². The van der Waals surface area contributed by atoms with Gasteiger partial charge >= 0.3 is 0 Å². The third-order valence-corrected chi connectivity index (χ3v) is 6.53. The lowest BCUT2D eigenvalue weighted by Gasteiger charge is -2.28. The second-order valence-electron chi connectivity index (χ2n) is 5.38. The Bertz CT molecular complexity index is 429. The zero-order valence-electron chi connectivity index (χ0n) is 11.6. The molecule has 1 unspecified atom stereocenters. The van der Waals surface area contributed by atoms with E-state index in [9.17, 15) is 4.79 Å². The van der Waals surface area contributed by atoms with Crippen LogP contribution in [0.2, 0.25) is 0 Å². The number of hydrogen-bond donors (Lipinski definition) is 0. The van der Waals surface area contributed by atoms with E-state index in [1.165, 1.54) is 4.88 Å². The van der Waals surface area contributed by atoms with Crippen molar-refractivity contribution in [2.45, 2.75) is 24.5 Å². The second kappa shape index (κ2) is 6.96. The molecule has 1 atom stereocenters. The molecule has 0 saturated carbocycles. The molecule has 0 aliphatic carbocycles. The van der Waals surface area contributed by atoms with Gasteiger partial charge in [-0.05, 0) is 30.7 Å². The second-order valence-corrected chi connectivity index (χ2v) is 7.67. The summed E-state index contributed by atoms with van der Waals surface area (Å²) in [6, 6.07) is 4.34. The lowest BCUT2D eigenvalue weighted by atomic mass is 9.98. The van der Waals surface area contributed by atoms with E-state index in [4.69, 9.17) is 4.74 Å². The van der Waals surface area contributed by atoms with Gasteiger partial charge in [0.1, 0.15) is 0 Å². The van der Waals surface area contributed by atoms with Crippen LogP contribution in [0.5, 0.6) is 0 Å². The summed E-state index contributed by atoms with van der Waals surface area (Å²) in [6.45, 7) is 3.31. The molecule has 0 spiro atoms. The van der Waals surface area contributed by atoms with Crippen LogP contribution in [0.4, 0.5) is 0 Å². The predicted octanol–water partition coefficient (Wildman–Crippen LogP) is 3.18. The fraction of sp³-hybridized carbons (Fsp3) is 0.667. The van der Waals surface area contributed by atoms with Crippen LogP contribution in [0.25, 0.3) is 0 Å². The molecule has 110 valence electrons. The van der Waals surface area contributed by atoms with E-state index in [1.807, 2.05) is 23.1 Å². The van der Waals surface area contributed by atoms with E-state index in [-0.39, 0.29) is 5.92 Å². The van der Waals surface area contributed by atoms with Crippen molar-refractivity contribution in [3.63, 3.8) is 0 Å². The largest absolute Gasteiger partial charge is 0.381 e. The summed E-state index contributed by atoms with van der Waals surface area (Å²) >= 11 is 3.84. The van der Waals surface area contributed by atoms with Crippen molar-refractivity contribution in [2.24, 2.45) is 5.92 Å². The van der Waals surface area contributed by atoms with Gasteiger partial charge < -0.3 is 9.64 Å². The van der Waals surface area contributed by atoms with Gasteiger partial charge in [-0.15, -0.1) is 11.3 Å². The van der Waals surface area contributed by atoms with E-state index >= 15 is 0 Å². The van der Waals surface area contributed by atoms with Gasteiger partial charge in [-0.1, -0.05) is 6.07 Å². The molecule has 0 bridgehead atoms. The topological polar surface area (TPSA) is 29.5 Å². The molecular formula is C15H21NO2S2. The standard InChI is InChI=1S/C15H21NO2S2/c17-15(12-4-8-18-9-5-12)16-6-3-14(20-11-7-16)13-2-1-10-19-13/h1-2,10,12,14H,3-9,11H2. The fourth-order valence-corrected chi connectivity index (χ4v) is 5.13. The van der Waals surface area contributed by atoms with Crippen molar-refractivity contribution < 1.29 is 9.53 Å². The van der Waals surface area contributed by atoms with Gasteiger partial charge in [-0.2, -0.15) is 11.8 Å². The van der Waals surface area contributed by atoms with Crippen LogP contribution >= 0.6 is 23.1 Å². The highest BCUT2D eigenvalue weighted by atomic mass is 32.2. The Balaban J connectivity index is 1.57. The first-order valence-corrected chi connectivity index (χ1v) is 9.29. The molecule has 1 aromatic rings. The minimum atomic E-state index is 0.201. The van der Waals surface area contributed by atoms with Crippen molar-refractivity contribution in [1.82, 2.24) is 4.90 Å². The SMILES string of the molecule is O=C(C1CCOCC1)N1CCSC(c2cccs2)CC1. The summed E-state index contributed by atoms with van der Waals surface area (Å²) in [6.07, 6.45) is 2.88. The van der Waals surface area contributed by atoms with Crippen molar-refractivity contribution in [2.75, 3.05) is 32.1 Å². The zero-order valence-corrected chi connectivity index (χ0v) is 13.3. The van der Waals surface area contributed by atoms with Gasteiger partial charge in [0.05, 0.1) is 0 Å². The minimum absolute atomic E-state index is 0.201. The van der Waals surface area contributed by atoms with Crippen LogP contribution in [-0.2, 0) is 9.53 Å². The Kier molecular flexibility index (Phi) is 5.02. The highest BCUT2D eigenvalue weighted by Gasteiger charge is 2.28. The average molecular weight is 311 g/mol. The normalized spacial score (nSPS) is 25.4. The van der Waals surface area contributed by atoms with Crippen LogP contribution in [0.15, 0.2) is 17.5 Å². The van der Waals surface area contributed by atoms with Gasteiger partial charge in [-0.25, -0.2) is 0 Å². The van der Waals surface area contributed by atoms with Crippen molar-refractivity contribution in [3.8, 4) is 0 Å². The molecule has 0 N–H and O–H groups in total. The van der Waals surface area contributed by atoms with E-state index in [0.717, 1.165) is 51.3 Å². The Morgan fingerprint density at radius 2 is 2.10 bits per heavy atom. The molecule has 3 rings (SSSR count). The lowest BCUT2D eigenvalue weighted by Crippen LogP contribution is -2.39. The first kappa shape index (κ1) is 14.4. The van der Waals surface area contributed by atoms with Gasteiger partial charge in [0.15, 0.2) is 0 Å². The highest BCUT2D eigenvalue weighted by molar-refractivity contribution is 7.99. The highest BCUT2D eigenvalue weighted by Crippen LogP contribution is 2.37. The fourth-order valence-electron chi connectivity index (χ4n) is 2.90. The summed E-state index contributed by atoms with van der Waals surface area (Å²) < 4.78 is 5.35. The van der Waals surface area contributed by atoms with Crippen molar-refractivity contribution >= 4 is 29.0 Å². The summed E-state index contributed by atoms with van der Waals surface area (Å²) in [5, 5.41) is 2.72. The third kappa shape index (κ3) is 3.38. The molecule has 20 heavy (non-hydrogen) atoms. The quantitative estimate of drug-likeness (QED) is 0.840. The number of hydrogen-bond acceptors (Lipinski definition) is 4. The Morgan fingerprint density at radius 1 is 1.25 bits per heavy atom. The molecule has 1 amide bonds. The number of amides is 1. The van der Waals surface area contributed by atoms with E-state index in [1.54, 1.807) is 0 Å². The first-order chi connectivity index (χ1) is 9.84. The van der Waals surface area contributed by atoms with E-state index < -0.39 is 0 Å². The Labute approximate surface area is 128 Å². The summed E-state index contributed by atoms with van der Waals surface area (Å²) in [5.41, 5.74) is 0. The number of nitrogens with zero attached hydrogens (tertiary/aromatic N) is 1. The van der Waals surface area contributed by atoms with Crippen LogP contribution in [0.1, 0.15) is 29.4 Å². The number of carbonyl (C=O) groups excluding carboxylic acids is 1. The summed E-state index contributed by atoms with van der Waals surface area (Å²) in [7, 11) is 0. The summed E-state index contributed by atoms with van der Waals surface area (Å²) in [4.78, 5) is 16.1. The number of rotatable bonds is 2. The smallest absolute Gasteiger partial charge is 0.225 e. The lowest BCUT2D eigenvalue weighted by molar-refractivity contribution is -0.138. The molecule has 2 aliphatic rings. The van der Waals surface area contributed by atoms with E-state index in [2.05, 4.69) is 22.4 Å². The molecule has 3 nitrogen and oxygen atoms in total. The third-order valence-electron chi connectivity index (χ3n) is 4.08. The number of carbonyl (C=O) groups is 1. The number of ether oxygens (including phenoxy) is 1. The monoisotopic (exact) mass is 311 g/mol. The molecule has 3 heterocycles. The van der Waals surface area contributed by atoms with Gasteiger partial charge in [-0.3, -0.25) is 4.79 Å². The number of thiophene rings is 1. The number of thioether (sulfide) groups is 1. The predicted molar refractivity (Wildman–Crippen MR) is 84.3 cm³/mol. The molecule has 1 aromatic heterocycles. The Morgan fingerprint density at radius 3 is 2.85 bits per heavy atom. The van der Waals surface area contributed by atoms with Crippen LogP contribution < -0.4 is 0 Å². The maximum absolute atomic E-state index is 12.6. The minimum Gasteiger partial charge on any atom is -0.381 e. The molecule has 0 radical (unpaired) electrons. The first-order valence-electron chi connectivity index (χ1n) is 7.36. The van der Waals surface area contributed by atoms with Crippen LogP contribution in [-0.4, -0.2) is 42.9 Å². The molecule has 0 aromatic carbocycles. The van der Waals surface area contributed by atoms with E-state index in [0.29, 0.717) is 11.2 Å². The maximum atomic E-state index is 12.6. The van der Waals surface area contributed by atoms with Gasteiger partial charge in [0, 0.05) is 48.1 Å². The maximum Gasteiger partial charge on any atom is 0.225 e. The van der Waals surface area contributed by atoms with Gasteiger partial charge in [0.2, 0.25) is 5.91 Å². The molecule has 2 saturated heterocycles. The van der Waals surface area contributed by atoms with Crippen molar-refractivity contribution in [1.29, 1.82) is 0 Å². The van der Waals surface area contributed by atoms with Crippen LogP contribution in [0.3, 0.4) is 0 Å².